The molecule has 0 saturated heterocycles. The highest BCUT2D eigenvalue weighted by Gasteiger charge is 2.42. The molecule has 0 unspecified atom stereocenters. The second kappa shape index (κ2) is 7.54. The van der Waals surface area contributed by atoms with E-state index in [0.29, 0.717) is 34.2 Å². The Kier molecular flexibility index (Phi) is 4.91. The summed E-state index contributed by atoms with van der Waals surface area (Å²) in [5.74, 6) is 1.79. The minimum atomic E-state index is 0.0363. The number of carbonyl (C=O) groups is 1. The minimum absolute atomic E-state index is 0.0363. The van der Waals surface area contributed by atoms with E-state index in [1.54, 1.807) is 0 Å². The van der Waals surface area contributed by atoms with Crippen molar-refractivity contribution in [3.8, 4) is 0 Å². The number of fused-ring (bicyclic) bond motifs is 1. The lowest BCUT2D eigenvalue weighted by molar-refractivity contribution is -0.119. The summed E-state index contributed by atoms with van der Waals surface area (Å²) in [5.41, 5.74) is 0.757. The maximum absolute atomic E-state index is 13.2. The molecule has 148 valence electrons. The number of rotatable bonds is 7. The van der Waals surface area contributed by atoms with Gasteiger partial charge in [-0.2, -0.15) is 0 Å². The van der Waals surface area contributed by atoms with Gasteiger partial charge < -0.3 is 5.32 Å². The Balaban J connectivity index is 1.37. The normalized spacial score (nSPS) is 20.2. The summed E-state index contributed by atoms with van der Waals surface area (Å²) in [6, 6.07) is 8.12. The summed E-state index contributed by atoms with van der Waals surface area (Å²) >= 11 is 1.42. The third-order valence-electron chi connectivity index (χ3n) is 6.39. The van der Waals surface area contributed by atoms with E-state index in [-0.39, 0.29) is 17.5 Å². The molecule has 0 radical (unpaired) electrons. The first-order valence-electron chi connectivity index (χ1n) is 10.6. The molecule has 1 heterocycles. The van der Waals surface area contributed by atoms with Crippen LogP contribution >= 0.6 is 11.8 Å². The molecule has 1 aromatic heterocycles. The molecule has 5 rings (SSSR count). The highest BCUT2D eigenvalue weighted by atomic mass is 32.2. The zero-order valence-corrected chi connectivity index (χ0v) is 16.9. The summed E-state index contributed by atoms with van der Waals surface area (Å²) in [5, 5.41) is 4.64. The molecule has 3 aliphatic rings. The van der Waals surface area contributed by atoms with Crippen LogP contribution in [0.2, 0.25) is 0 Å². The Morgan fingerprint density at radius 2 is 1.79 bits per heavy atom. The van der Waals surface area contributed by atoms with Crippen molar-refractivity contribution in [1.29, 1.82) is 0 Å². The molecule has 0 bridgehead atoms. The molecule has 5 nitrogen and oxygen atoms in total. The Bertz CT molecular complexity index is 930. The van der Waals surface area contributed by atoms with Crippen LogP contribution in [0, 0.1) is 11.8 Å². The van der Waals surface area contributed by atoms with Crippen molar-refractivity contribution in [3.05, 3.63) is 34.6 Å². The van der Waals surface area contributed by atoms with Crippen molar-refractivity contribution in [2.24, 2.45) is 11.8 Å². The van der Waals surface area contributed by atoms with Crippen molar-refractivity contribution in [3.63, 3.8) is 0 Å². The maximum atomic E-state index is 13.2. The molecule has 0 spiro atoms. The van der Waals surface area contributed by atoms with Gasteiger partial charge in [0.1, 0.15) is 0 Å². The van der Waals surface area contributed by atoms with Crippen LogP contribution in [0.5, 0.6) is 0 Å². The second-order valence-corrected chi connectivity index (χ2v) is 9.52. The zero-order valence-electron chi connectivity index (χ0n) is 16.1. The highest BCUT2D eigenvalue weighted by Crippen LogP contribution is 2.44. The average molecular weight is 398 g/mol. The first kappa shape index (κ1) is 18.2. The Morgan fingerprint density at radius 1 is 1.11 bits per heavy atom. The van der Waals surface area contributed by atoms with Gasteiger partial charge in [0, 0.05) is 12.1 Å². The number of nitrogens with one attached hydrogen (secondary N) is 1. The van der Waals surface area contributed by atoms with E-state index < -0.39 is 0 Å². The van der Waals surface area contributed by atoms with E-state index in [4.69, 9.17) is 4.98 Å². The quantitative estimate of drug-likeness (QED) is 0.568. The van der Waals surface area contributed by atoms with Crippen LogP contribution in [-0.2, 0) is 4.79 Å². The molecule has 1 amide bonds. The van der Waals surface area contributed by atoms with Crippen molar-refractivity contribution in [2.45, 2.75) is 68.6 Å². The van der Waals surface area contributed by atoms with Crippen molar-refractivity contribution < 1.29 is 4.79 Å². The van der Waals surface area contributed by atoms with Gasteiger partial charge in [-0.05, 0) is 62.5 Å². The maximum Gasteiger partial charge on any atom is 0.262 e. The average Bonchev–Trinajstić information content (AvgIpc) is 3.64. The first-order chi connectivity index (χ1) is 13.7. The molecule has 3 saturated carbocycles. The van der Waals surface area contributed by atoms with Crippen LogP contribution < -0.4 is 10.9 Å². The number of hydrogen-bond donors (Lipinski definition) is 1. The summed E-state index contributed by atoms with van der Waals surface area (Å²) in [6.45, 7) is 0. The number of hydrogen-bond acceptors (Lipinski definition) is 4. The van der Waals surface area contributed by atoms with Gasteiger partial charge in [0.25, 0.3) is 5.56 Å². The van der Waals surface area contributed by atoms with Gasteiger partial charge >= 0.3 is 0 Å². The number of nitrogens with zero attached hydrogens (tertiary/aromatic N) is 2. The fourth-order valence-corrected chi connectivity index (χ4v) is 5.48. The lowest BCUT2D eigenvalue weighted by atomic mass is 10.1. The minimum Gasteiger partial charge on any atom is -0.352 e. The molecule has 0 aliphatic heterocycles. The molecule has 3 aliphatic carbocycles. The van der Waals surface area contributed by atoms with E-state index in [1.807, 2.05) is 28.8 Å². The van der Waals surface area contributed by atoms with Crippen LogP contribution in [0.4, 0.5) is 0 Å². The highest BCUT2D eigenvalue weighted by molar-refractivity contribution is 7.99. The van der Waals surface area contributed by atoms with Crippen molar-refractivity contribution in [1.82, 2.24) is 14.9 Å². The van der Waals surface area contributed by atoms with Crippen LogP contribution in [0.3, 0.4) is 0 Å². The molecule has 3 fully saturated rings. The lowest BCUT2D eigenvalue weighted by Crippen LogP contribution is -2.39. The SMILES string of the molecule is O=C(CSc1nc2ccccc2c(=O)n1C1CCCC1)NC(C1CC1)C1CC1. The number of amides is 1. The summed E-state index contributed by atoms with van der Waals surface area (Å²) < 4.78 is 1.87. The molecule has 1 aromatic carbocycles. The van der Waals surface area contributed by atoms with E-state index in [2.05, 4.69) is 5.32 Å². The predicted octanol–water partition coefficient (Wildman–Crippen LogP) is 3.91. The summed E-state index contributed by atoms with van der Waals surface area (Å²) in [4.78, 5) is 30.6. The number of thioether (sulfide) groups is 1. The third kappa shape index (κ3) is 3.71. The number of benzene rings is 1. The molecular formula is C22H27N3O2S. The van der Waals surface area contributed by atoms with Gasteiger partial charge in [-0.3, -0.25) is 14.2 Å². The Hall–Kier alpha value is -1.82. The van der Waals surface area contributed by atoms with Crippen LogP contribution in [-0.4, -0.2) is 27.3 Å². The number of para-hydroxylation sites is 1. The zero-order chi connectivity index (χ0) is 19.1. The van der Waals surface area contributed by atoms with Crippen molar-refractivity contribution >= 4 is 28.6 Å². The van der Waals surface area contributed by atoms with Gasteiger partial charge in [-0.25, -0.2) is 4.98 Å². The van der Waals surface area contributed by atoms with Gasteiger partial charge in [0.2, 0.25) is 5.91 Å². The molecule has 1 N–H and O–H groups in total. The fourth-order valence-electron chi connectivity index (χ4n) is 4.60. The van der Waals surface area contributed by atoms with E-state index >= 15 is 0 Å². The standard InChI is InChI=1S/C22H27N3O2S/c26-19(24-20(14-9-10-14)15-11-12-15)13-28-22-23-18-8-4-3-7-17(18)21(27)25(22)16-5-1-2-6-16/h3-4,7-8,14-16,20H,1-2,5-6,9-13H2,(H,24,26). The summed E-state index contributed by atoms with van der Waals surface area (Å²) in [6.07, 6.45) is 9.35. The van der Waals surface area contributed by atoms with Gasteiger partial charge in [-0.15, -0.1) is 0 Å². The third-order valence-corrected chi connectivity index (χ3v) is 7.34. The first-order valence-corrected chi connectivity index (χ1v) is 11.6. The Labute approximate surface area is 169 Å². The topological polar surface area (TPSA) is 64.0 Å². The van der Waals surface area contributed by atoms with Crippen LogP contribution in [0.15, 0.2) is 34.2 Å². The fraction of sp³-hybridized carbons (Fsp3) is 0.591. The van der Waals surface area contributed by atoms with Crippen LogP contribution in [0.1, 0.15) is 57.4 Å². The number of aromatic nitrogens is 2. The number of carbonyl (C=O) groups excluding carboxylic acids is 1. The smallest absolute Gasteiger partial charge is 0.262 e. The largest absolute Gasteiger partial charge is 0.352 e. The van der Waals surface area contributed by atoms with E-state index in [0.717, 1.165) is 31.2 Å². The van der Waals surface area contributed by atoms with Crippen LogP contribution in [0.25, 0.3) is 10.9 Å². The predicted molar refractivity (Wildman–Crippen MR) is 112 cm³/mol. The van der Waals surface area contributed by atoms with Crippen molar-refractivity contribution in [2.75, 3.05) is 5.75 Å². The second-order valence-electron chi connectivity index (χ2n) is 8.58. The van der Waals surface area contributed by atoms with Gasteiger partial charge in [0.05, 0.1) is 16.7 Å². The molecular weight excluding hydrogens is 370 g/mol. The van der Waals surface area contributed by atoms with E-state index in [1.165, 1.54) is 37.4 Å². The molecule has 6 heteroatoms. The lowest BCUT2D eigenvalue weighted by Gasteiger charge is -2.20. The monoisotopic (exact) mass is 397 g/mol. The molecule has 28 heavy (non-hydrogen) atoms. The molecule has 0 atom stereocenters. The summed E-state index contributed by atoms with van der Waals surface area (Å²) in [7, 11) is 0. The Morgan fingerprint density at radius 3 is 2.46 bits per heavy atom. The molecule has 2 aromatic rings. The van der Waals surface area contributed by atoms with E-state index in [9.17, 15) is 9.59 Å². The van der Waals surface area contributed by atoms with Gasteiger partial charge in [0.15, 0.2) is 5.16 Å². The van der Waals surface area contributed by atoms with Gasteiger partial charge in [-0.1, -0.05) is 36.7 Å².